The van der Waals surface area contributed by atoms with Crippen LogP contribution in [-0.2, 0) is 0 Å². The van der Waals surface area contributed by atoms with Gasteiger partial charge in [0.2, 0.25) is 0 Å². The zero-order chi connectivity index (χ0) is 8.69. The Morgan fingerprint density at radius 2 is 2.36 bits per heavy atom. The van der Waals surface area contributed by atoms with E-state index in [2.05, 4.69) is 19.9 Å². The molecule has 66 valence electrons. The van der Waals surface area contributed by atoms with E-state index in [0.29, 0.717) is 6.23 Å². The first kappa shape index (κ1) is 11.4. The Hall–Kier alpha value is 0.351. The molecule has 1 N–H and O–H groups in total. The molecule has 0 aromatic heterocycles. The van der Waals surface area contributed by atoms with Crippen molar-refractivity contribution in [3.8, 4) is 0 Å². The van der Waals surface area contributed by atoms with Crippen molar-refractivity contribution < 1.29 is 5.11 Å². The molecule has 1 nitrogen and oxygen atoms in total. The fraction of sp³-hybridized carbons (Fsp3) is 0.714. The molecule has 11 heavy (non-hydrogen) atoms. The molecule has 0 aromatic carbocycles. The monoisotopic (exact) mass is 204 g/mol. The number of rotatable bonds is 5. The van der Waals surface area contributed by atoms with Gasteiger partial charge in [-0.1, -0.05) is 22.6 Å². The molecule has 4 heteroatoms. The lowest BCUT2D eigenvalue weighted by molar-refractivity contribution is 0.362. The summed E-state index contributed by atoms with van der Waals surface area (Å²) >= 11 is 0. The molecular formula is C7H20OSi3. The van der Waals surface area contributed by atoms with Crippen LogP contribution >= 0.6 is 0 Å². The van der Waals surface area contributed by atoms with Gasteiger partial charge >= 0.3 is 0 Å². The van der Waals surface area contributed by atoms with Crippen molar-refractivity contribution in [3.63, 3.8) is 0 Å². The Morgan fingerprint density at radius 3 is 2.73 bits per heavy atom. The standard InChI is InChI=1S/C7H20OSi3/c1-3-7(2)10-6-11(4-8)5-9/h3,8,11H,4-6,10H2,1-2,9H3. The largest absolute Gasteiger partial charge is 0.400 e. The van der Waals surface area contributed by atoms with Gasteiger partial charge in [-0.3, -0.25) is 0 Å². The third-order valence-electron chi connectivity index (χ3n) is 2.28. The number of aliphatic hydroxyl groups excluding tert-OH is 1. The van der Waals surface area contributed by atoms with E-state index in [1.54, 1.807) is 5.20 Å². The summed E-state index contributed by atoms with van der Waals surface area (Å²) in [5.74, 6) is 0. The van der Waals surface area contributed by atoms with E-state index in [1.807, 2.05) is 0 Å². The summed E-state index contributed by atoms with van der Waals surface area (Å²) in [6.07, 6.45) is 2.79. The van der Waals surface area contributed by atoms with Crippen molar-refractivity contribution in [1.82, 2.24) is 0 Å². The second-order valence-corrected chi connectivity index (χ2v) is 12.4. The van der Waals surface area contributed by atoms with Crippen LogP contribution in [0.4, 0.5) is 0 Å². The molecule has 1 unspecified atom stereocenters. The third-order valence-corrected chi connectivity index (χ3v) is 13.0. The van der Waals surface area contributed by atoms with Crippen molar-refractivity contribution in [3.05, 3.63) is 11.3 Å². The van der Waals surface area contributed by atoms with Crippen LogP contribution in [0.3, 0.4) is 0 Å². The maximum atomic E-state index is 9.00. The van der Waals surface area contributed by atoms with Crippen molar-refractivity contribution in [2.45, 2.75) is 25.2 Å². The summed E-state index contributed by atoms with van der Waals surface area (Å²) in [5.41, 5.74) is 2.84. The highest BCUT2D eigenvalue weighted by atomic mass is 28.3. The van der Waals surface area contributed by atoms with E-state index >= 15 is 0 Å². The van der Waals surface area contributed by atoms with E-state index in [9.17, 15) is 0 Å². The molecule has 0 bridgehead atoms. The molecule has 0 heterocycles. The molecule has 0 saturated carbocycles. The van der Waals surface area contributed by atoms with Gasteiger partial charge in [0.25, 0.3) is 0 Å². The van der Waals surface area contributed by atoms with Gasteiger partial charge in [0.05, 0.1) is 8.80 Å². The Bertz CT molecular complexity index is 121. The van der Waals surface area contributed by atoms with Crippen LogP contribution in [0.5, 0.6) is 0 Å². The number of hydrogen-bond donors (Lipinski definition) is 1. The van der Waals surface area contributed by atoms with Crippen LogP contribution in [0.25, 0.3) is 0 Å². The predicted octanol–water partition coefficient (Wildman–Crippen LogP) is -0.882. The average molecular weight is 204 g/mol. The van der Waals surface area contributed by atoms with E-state index in [0.717, 1.165) is 0 Å². The molecule has 0 aromatic rings. The molecule has 0 aliphatic heterocycles. The first-order valence-electron chi connectivity index (χ1n) is 4.47. The predicted molar refractivity (Wildman–Crippen MR) is 61.8 cm³/mol. The van der Waals surface area contributed by atoms with Gasteiger partial charge < -0.3 is 5.11 Å². The van der Waals surface area contributed by atoms with Gasteiger partial charge in [0, 0.05) is 15.7 Å². The van der Waals surface area contributed by atoms with Crippen molar-refractivity contribution in [2.75, 3.05) is 6.23 Å². The molecular weight excluding hydrogens is 184 g/mol. The lowest BCUT2D eigenvalue weighted by atomic mass is 10.6. The van der Waals surface area contributed by atoms with Crippen LogP contribution in [0.1, 0.15) is 13.8 Å². The molecule has 0 radical (unpaired) electrons. The van der Waals surface area contributed by atoms with Crippen LogP contribution in [0.2, 0.25) is 11.3 Å². The average Bonchev–Trinajstić information content (AvgIpc) is 2.06. The Morgan fingerprint density at radius 1 is 1.73 bits per heavy atom. The maximum absolute atomic E-state index is 9.00. The fourth-order valence-corrected chi connectivity index (χ4v) is 11.8. The van der Waals surface area contributed by atoms with E-state index in [1.165, 1.54) is 21.6 Å². The zero-order valence-electron chi connectivity index (χ0n) is 7.93. The summed E-state index contributed by atoms with van der Waals surface area (Å²) in [5, 5.41) is 10.6. The minimum Gasteiger partial charge on any atom is -0.400 e. The molecule has 0 aliphatic carbocycles. The molecule has 0 aliphatic rings. The highest BCUT2D eigenvalue weighted by Crippen LogP contribution is 1.99. The quantitative estimate of drug-likeness (QED) is 0.577. The molecule has 0 spiro atoms. The van der Waals surface area contributed by atoms with Gasteiger partial charge in [-0.25, -0.2) is 0 Å². The number of hydrogen-bond acceptors (Lipinski definition) is 1. The Kier molecular flexibility index (Phi) is 7.25. The Balaban J connectivity index is 3.50. The van der Waals surface area contributed by atoms with Crippen LogP contribution in [-0.4, -0.2) is 39.9 Å². The van der Waals surface area contributed by atoms with Crippen molar-refractivity contribution in [1.29, 1.82) is 0 Å². The first-order chi connectivity index (χ1) is 5.24. The van der Waals surface area contributed by atoms with E-state index < -0.39 is 8.80 Å². The van der Waals surface area contributed by atoms with Crippen molar-refractivity contribution in [2.24, 2.45) is 0 Å². The minimum atomic E-state index is -0.624. The van der Waals surface area contributed by atoms with Gasteiger partial charge in [0.15, 0.2) is 0 Å². The lowest BCUT2D eigenvalue weighted by Crippen LogP contribution is -2.21. The first-order valence-corrected chi connectivity index (χ1v) is 10.0. The van der Waals surface area contributed by atoms with Crippen LogP contribution in [0, 0.1) is 0 Å². The van der Waals surface area contributed by atoms with Crippen molar-refractivity contribution >= 4 is 28.6 Å². The molecule has 0 fully saturated rings. The third kappa shape index (κ3) is 5.60. The minimum absolute atomic E-state index is 0.0513. The zero-order valence-corrected chi connectivity index (χ0v) is 12.5. The van der Waals surface area contributed by atoms with E-state index in [-0.39, 0.29) is 9.52 Å². The Labute approximate surface area is 76.8 Å². The van der Waals surface area contributed by atoms with Gasteiger partial charge in [-0.15, -0.1) is 0 Å². The summed E-state index contributed by atoms with van der Waals surface area (Å²) in [6, 6.07) is 0. The molecule has 1 atom stereocenters. The van der Waals surface area contributed by atoms with Crippen LogP contribution < -0.4 is 0 Å². The van der Waals surface area contributed by atoms with Crippen LogP contribution in [0.15, 0.2) is 11.3 Å². The normalized spacial score (nSPS) is 16.5. The SMILES string of the molecule is CC=C(C)[SiH2]C[SiH](CO)C[SiH3]. The smallest absolute Gasteiger partial charge is 0.0613 e. The summed E-state index contributed by atoms with van der Waals surface area (Å²) in [4.78, 5) is 0. The second-order valence-electron chi connectivity index (χ2n) is 3.13. The number of aliphatic hydroxyl groups is 1. The highest BCUT2D eigenvalue weighted by Gasteiger charge is 2.05. The van der Waals surface area contributed by atoms with E-state index in [4.69, 9.17) is 5.11 Å². The fourth-order valence-electron chi connectivity index (χ4n) is 1.00. The summed E-state index contributed by atoms with van der Waals surface area (Å²) < 4.78 is 0. The number of allylic oxidation sites excluding steroid dienone is 2. The topological polar surface area (TPSA) is 20.2 Å². The summed E-state index contributed by atoms with van der Waals surface area (Å²) in [6.45, 7) is 4.36. The maximum Gasteiger partial charge on any atom is 0.0613 e. The van der Waals surface area contributed by atoms with Gasteiger partial charge in [-0.05, 0) is 24.1 Å². The van der Waals surface area contributed by atoms with Gasteiger partial charge in [0.1, 0.15) is 0 Å². The van der Waals surface area contributed by atoms with Gasteiger partial charge in [-0.2, -0.15) is 0 Å². The second kappa shape index (κ2) is 7.02. The molecule has 0 rings (SSSR count). The molecule has 0 amide bonds. The highest BCUT2D eigenvalue weighted by molar-refractivity contribution is 6.75. The summed E-state index contributed by atoms with van der Waals surface area (Å²) in [7, 11) is 0.725. The lowest BCUT2D eigenvalue weighted by Gasteiger charge is -2.08. The molecule has 0 saturated heterocycles.